The first-order chi connectivity index (χ1) is 10.3. The zero-order chi connectivity index (χ0) is 14.7. The minimum Gasteiger partial charge on any atom is -0.493 e. The number of hydrogen-bond acceptors (Lipinski definition) is 3. The Bertz CT molecular complexity index is 454. The van der Waals surface area contributed by atoms with Crippen LogP contribution in [0.25, 0.3) is 0 Å². The number of nitrogens with one attached hydrogen (secondary N) is 1. The number of rotatable bonds is 4. The zero-order valence-corrected chi connectivity index (χ0v) is 13.3. The number of fused-ring (bicyclic) bond motifs is 1. The Morgan fingerprint density at radius 2 is 1.95 bits per heavy atom. The smallest absolute Gasteiger partial charge is 0.124 e. The van der Waals surface area contributed by atoms with Crippen molar-refractivity contribution in [1.29, 1.82) is 0 Å². The van der Waals surface area contributed by atoms with Crippen LogP contribution in [0.5, 0.6) is 5.75 Å². The van der Waals surface area contributed by atoms with E-state index >= 15 is 0 Å². The van der Waals surface area contributed by atoms with Gasteiger partial charge in [-0.25, -0.2) is 0 Å². The lowest BCUT2D eigenvalue weighted by Gasteiger charge is -2.41. The predicted octanol–water partition coefficient (Wildman–Crippen LogP) is 3.22. The van der Waals surface area contributed by atoms with Gasteiger partial charge < -0.3 is 10.1 Å². The second-order valence-electron chi connectivity index (χ2n) is 6.67. The molecule has 0 bridgehead atoms. The third-order valence-corrected chi connectivity index (χ3v) is 4.92. The molecule has 3 heteroatoms. The maximum atomic E-state index is 5.84. The van der Waals surface area contributed by atoms with Crippen LogP contribution in [-0.4, -0.2) is 37.2 Å². The average molecular weight is 288 g/mol. The molecule has 3 nitrogen and oxygen atoms in total. The van der Waals surface area contributed by atoms with Gasteiger partial charge in [-0.1, -0.05) is 18.2 Å². The zero-order valence-electron chi connectivity index (χ0n) is 13.3. The van der Waals surface area contributed by atoms with Gasteiger partial charge in [0.05, 0.1) is 6.61 Å². The summed E-state index contributed by atoms with van der Waals surface area (Å²) >= 11 is 0. The molecule has 1 unspecified atom stereocenters. The molecule has 1 saturated heterocycles. The summed E-state index contributed by atoms with van der Waals surface area (Å²) in [5.41, 5.74) is 1.38. The summed E-state index contributed by atoms with van der Waals surface area (Å²) in [6.45, 7) is 9.09. The maximum absolute atomic E-state index is 5.84. The Kier molecular flexibility index (Phi) is 4.81. The molecule has 21 heavy (non-hydrogen) atoms. The topological polar surface area (TPSA) is 24.5 Å². The fraction of sp³-hybridized carbons (Fsp3) is 0.667. The van der Waals surface area contributed by atoms with Gasteiger partial charge in [0.25, 0.3) is 0 Å². The largest absolute Gasteiger partial charge is 0.493 e. The third kappa shape index (κ3) is 3.41. The quantitative estimate of drug-likeness (QED) is 0.920. The van der Waals surface area contributed by atoms with Crippen molar-refractivity contribution in [3.05, 3.63) is 29.8 Å². The van der Waals surface area contributed by atoms with Crippen LogP contribution in [-0.2, 0) is 0 Å². The van der Waals surface area contributed by atoms with E-state index in [0.717, 1.165) is 24.7 Å². The number of piperidine rings is 1. The average Bonchev–Trinajstić information content (AvgIpc) is 2.53. The van der Waals surface area contributed by atoms with Crippen LogP contribution >= 0.6 is 0 Å². The van der Waals surface area contributed by atoms with Crippen molar-refractivity contribution in [2.75, 3.05) is 26.2 Å². The van der Waals surface area contributed by atoms with E-state index in [1.165, 1.54) is 38.0 Å². The van der Waals surface area contributed by atoms with Crippen molar-refractivity contribution in [2.24, 2.45) is 5.92 Å². The van der Waals surface area contributed by atoms with E-state index in [4.69, 9.17) is 4.74 Å². The lowest BCUT2D eigenvalue weighted by molar-refractivity contribution is 0.0852. The van der Waals surface area contributed by atoms with Gasteiger partial charge in [-0.05, 0) is 51.8 Å². The molecule has 0 saturated carbocycles. The van der Waals surface area contributed by atoms with Gasteiger partial charge in [-0.15, -0.1) is 0 Å². The summed E-state index contributed by atoms with van der Waals surface area (Å²) in [5, 5.41) is 3.47. The summed E-state index contributed by atoms with van der Waals surface area (Å²) < 4.78 is 5.84. The van der Waals surface area contributed by atoms with Gasteiger partial charge in [0.1, 0.15) is 5.75 Å². The Labute approximate surface area is 128 Å². The number of para-hydroxylation sites is 1. The fourth-order valence-corrected chi connectivity index (χ4v) is 3.73. The molecule has 2 aliphatic heterocycles. The van der Waals surface area contributed by atoms with E-state index in [9.17, 15) is 0 Å². The van der Waals surface area contributed by atoms with Crippen LogP contribution in [0.3, 0.4) is 0 Å². The van der Waals surface area contributed by atoms with E-state index in [1.54, 1.807) is 0 Å². The second-order valence-corrected chi connectivity index (χ2v) is 6.67. The highest BCUT2D eigenvalue weighted by Crippen LogP contribution is 2.37. The van der Waals surface area contributed by atoms with Gasteiger partial charge in [0.15, 0.2) is 0 Å². The minimum absolute atomic E-state index is 0.518. The van der Waals surface area contributed by atoms with Crippen LogP contribution < -0.4 is 10.1 Å². The van der Waals surface area contributed by atoms with Crippen LogP contribution in [0.15, 0.2) is 24.3 Å². The molecule has 0 radical (unpaired) electrons. The Morgan fingerprint density at radius 1 is 1.19 bits per heavy atom. The molecule has 0 aliphatic carbocycles. The number of hydrogen-bond donors (Lipinski definition) is 1. The van der Waals surface area contributed by atoms with E-state index < -0.39 is 0 Å². The molecule has 116 valence electrons. The van der Waals surface area contributed by atoms with Crippen molar-refractivity contribution in [3.63, 3.8) is 0 Å². The molecule has 3 rings (SSSR count). The molecule has 1 atom stereocenters. The predicted molar refractivity (Wildman–Crippen MR) is 86.7 cm³/mol. The molecule has 1 fully saturated rings. The maximum Gasteiger partial charge on any atom is 0.124 e. The van der Waals surface area contributed by atoms with E-state index in [1.807, 2.05) is 0 Å². The highest BCUT2D eigenvalue weighted by molar-refractivity contribution is 5.37. The van der Waals surface area contributed by atoms with Crippen molar-refractivity contribution in [3.8, 4) is 5.75 Å². The van der Waals surface area contributed by atoms with E-state index in [-0.39, 0.29) is 0 Å². The number of benzene rings is 1. The van der Waals surface area contributed by atoms with Crippen molar-refractivity contribution < 1.29 is 4.74 Å². The Morgan fingerprint density at radius 3 is 2.71 bits per heavy atom. The number of nitrogens with zero attached hydrogens (tertiary/aromatic N) is 1. The molecular formula is C18H28N2O. The normalized spacial score (nSPS) is 23.1. The molecule has 0 amide bonds. The second kappa shape index (κ2) is 6.80. The first kappa shape index (κ1) is 14.9. The van der Waals surface area contributed by atoms with Crippen LogP contribution in [0.1, 0.15) is 44.7 Å². The highest BCUT2D eigenvalue weighted by Gasteiger charge is 2.30. The van der Waals surface area contributed by atoms with Gasteiger partial charge in [0, 0.05) is 30.6 Å². The first-order valence-electron chi connectivity index (χ1n) is 8.44. The molecule has 0 spiro atoms. The van der Waals surface area contributed by atoms with Crippen molar-refractivity contribution >= 4 is 0 Å². The van der Waals surface area contributed by atoms with Crippen LogP contribution in [0.4, 0.5) is 0 Å². The van der Waals surface area contributed by atoms with Gasteiger partial charge >= 0.3 is 0 Å². The lowest BCUT2D eigenvalue weighted by Crippen LogP contribution is -2.42. The van der Waals surface area contributed by atoms with Crippen LogP contribution in [0, 0.1) is 5.92 Å². The number of ether oxygens (including phenoxy) is 1. The van der Waals surface area contributed by atoms with Crippen molar-refractivity contribution in [2.45, 2.75) is 45.2 Å². The molecule has 1 N–H and O–H groups in total. The Hall–Kier alpha value is -1.06. The van der Waals surface area contributed by atoms with Gasteiger partial charge in [-0.2, -0.15) is 0 Å². The van der Waals surface area contributed by atoms with Crippen molar-refractivity contribution in [1.82, 2.24) is 10.2 Å². The molecule has 2 heterocycles. The fourth-order valence-electron chi connectivity index (χ4n) is 3.73. The Balaban J connectivity index is 1.78. The van der Waals surface area contributed by atoms with E-state index in [0.29, 0.717) is 12.1 Å². The molecule has 0 aromatic heterocycles. The highest BCUT2D eigenvalue weighted by atomic mass is 16.5. The molecule has 1 aromatic carbocycles. The summed E-state index contributed by atoms with van der Waals surface area (Å²) in [6, 6.07) is 9.68. The molecule has 1 aromatic rings. The van der Waals surface area contributed by atoms with Gasteiger partial charge in [-0.3, -0.25) is 4.90 Å². The summed E-state index contributed by atoms with van der Waals surface area (Å²) in [4.78, 5) is 2.71. The summed E-state index contributed by atoms with van der Waals surface area (Å²) in [7, 11) is 0. The summed E-state index contributed by atoms with van der Waals surface area (Å²) in [6.07, 6.45) is 3.74. The van der Waals surface area contributed by atoms with Crippen LogP contribution in [0.2, 0.25) is 0 Å². The standard InChI is InChI=1S/C18H28N2O/c1-14(2)20(13-15-7-10-19-11-8-15)17-9-12-21-18-6-4-3-5-16(17)18/h3-6,14-15,17,19H,7-13H2,1-2H3. The minimum atomic E-state index is 0.518. The van der Waals surface area contributed by atoms with E-state index in [2.05, 4.69) is 48.3 Å². The molecule has 2 aliphatic rings. The monoisotopic (exact) mass is 288 g/mol. The van der Waals surface area contributed by atoms with Gasteiger partial charge in [0.2, 0.25) is 0 Å². The summed E-state index contributed by atoms with van der Waals surface area (Å²) in [5.74, 6) is 1.92. The lowest BCUT2D eigenvalue weighted by atomic mass is 9.93. The molecular weight excluding hydrogens is 260 g/mol. The third-order valence-electron chi connectivity index (χ3n) is 4.92. The first-order valence-corrected chi connectivity index (χ1v) is 8.44. The SMILES string of the molecule is CC(C)N(CC1CCNCC1)C1CCOc2ccccc21.